The second-order valence-electron chi connectivity index (χ2n) is 7.16. The van der Waals surface area contributed by atoms with Gasteiger partial charge in [-0.3, -0.25) is 0 Å². The van der Waals surface area contributed by atoms with Gasteiger partial charge in [0.25, 0.3) is 0 Å². The molecule has 0 saturated heterocycles. The SMILES string of the molecule is CCCc1ccc2c(F)c(-c3ccc(-c4ccc(OC)c(F)c4)cc3)ccc2c1. The van der Waals surface area contributed by atoms with E-state index in [1.807, 2.05) is 48.5 Å². The first-order valence-electron chi connectivity index (χ1n) is 9.76. The number of hydrogen-bond acceptors (Lipinski definition) is 1. The van der Waals surface area contributed by atoms with Crippen molar-refractivity contribution < 1.29 is 13.5 Å². The average molecular weight is 388 g/mol. The first-order chi connectivity index (χ1) is 14.1. The molecule has 0 aromatic heterocycles. The number of halogens is 2. The Morgan fingerprint density at radius 2 is 1.48 bits per heavy atom. The van der Waals surface area contributed by atoms with Crippen molar-refractivity contribution in [2.75, 3.05) is 7.11 Å². The van der Waals surface area contributed by atoms with E-state index in [2.05, 4.69) is 13.0 Å². The second-order valence-corrected chi connectivity index (χ2v) is 7.16. The van der Waals surface area contributed by atoms with Gasteiger partial charge in [-0.25, -0.2) is 8.78 Å². The minimum atomic E-state index is -0.405. The van der Waals surface area contributed by atoms with Crippen molar-refractivity contribution in [3.63, 3.8) is 0 Å². The third-order valence-electron chi connectivity index (χ3n) is 5.24. The summed E-state index contributed by atoms with van der Waals surface area (Å²) in [4.78, 5) is 0. The molecule has 0 unspecified atom stereocenters. The number of benzene rings is 4. The monoisotopic (exact) mass is 388 g/mol. The number of hydrogen-bond donors (Lipinski definition) is 0. The summed E-state index contributed by atoms with van der Waals surface area (Å²) < 4.78 is 34.1. The molecule has 4 rings (SSSR count). The van der Waals surface area contributed by atoms with Crippen molar-refractivity contribution in [1.29, 1.82) is 0 Å². The zero-order chi connectivity index (χ0) is 20.4. The lowest BCUT2D eigenvalue weighted by molar-refractivity contribution is 0.386. The molecule has 146 valence electrons. The number of methoxy groups -OCH3 is 1. The van der Waals surface area contributed by atoms with Crippen LogP contribution in [-0.4, -0.2) is 7.11 Å². The molecule has 1 nitrogen and oxygen atoms in total. The largest absolute Gasteiger partial charge is 0.494 e. The molecule has 0 N–H and O–H groups in total. The van der Waals surface area contributed by atoms with Gasteiger partial charge < -0.3 is 4.74 Å². The van der Waals surface area contributed by atoms with Crippen molar-refractivity contribution in [1.82, 2.24) is 0 Å². The fraction of sp³-hybridized carbons (Fsp3) is 0.154. The molecular formula is C26H22F2O. The zero-order valence-electron chi connectivity index (χ0n) is 16.5. The predicted molar refractivity (Wildman–Crippen MR) is 115 cm³/mol. The fourth-order valence-corrected chi connectivity index (χ4v) is 3.70. The molecule has 29 heavy (non-hydrogen) atoms. The van der Waals surface area contributed by atoms with Crippen LogP contribution in [0.2, 0.25) is 0 Å². The Balaban J connectivity index is 1.68. The molecule has 0 spiro atoms. The molecule has 0 heterocycles. The molecule has 4 aromatic rings. The van der Waals surface area contributed by atoms with Crippen LogP contribution < -0.4 is 4.74 Å². The second kappa shape index (κ2) is 8.04. The maximum absolute atomic E-state index is 15.2. The molecule has 0 amide bonds. The molecule has 0 aliphatic rings. The molecule has 4 aromatic carbocycles. The summed E-state index contributed by atoms with van der Waals surface area (Å²) >= 11 is 0. The van der Waals surface area contributed by atoms with E-state index in [9.17, 15) is 4.39 Å². The third kappa shape index (κ3) is 3.73. The molecule has 0 radical (unpaired) electrons. The van der Waals surface area contributed by atoms with Gasteiger partial charge in [-0.1, -0.05) is 74.0 Å². The van der Waals surface area contributed by atoms with Crippen LogP contribution in [0.5, 0.6) is 5.75 Å². The smallest absolute Gasteiger partial charge is 0.165 e. The van der Waals surface area contributed by atoms with E-state index in [1.165, 1.54) is 18.7 Å². The topological polar surface area (TPSA) is 9.23 Å². The zero-order valence-corrected chi connectivity index (χ0v) is 16.5. The van der Waals surface area contributed by atoms with Crippen molar-refractivity contribution >= 4 is 10.8 Å². The maximum atomic E-state index is 15.2. The first-order valence-corrected chi connectivity index (χ1v) is 9.76. The van der Waals surface area contributed by atoms with Crippen LogP contribution in [0.15, 0.2) is 72.8 Å². The summed E-state index contributed by atoms with van der Waals surface area (Å²) in [6.07, 6.45) is 2.06. The Labute approximate surface area is 169 Å². The highest BCUT2D eigenvalue weighted by Crippen LogP contribution is 2.32. The molecule has 0 bridgehead atoms. The number of ether oxygens (including phenoxy) is 1. The van der Waals surface area contributed by atoms with E-state index in [0.717, 1.165) is 34.9 Å². The average Bonchev–Trinajstić information content (AvgIpc) is 2.74. The van der Waals surface area contributed by atoms with Gasteiger partial charge in [0.2, 0.25) is 0 Å². The number of rotatable bonds is 5. The van der Waals surface area contributed by atoms with Gasteiger partial charge in [0.15, 0.2) is 11.6 Å². The van der Waals surface area contributed by atoms with Crippen LogP contribution in [0.1, 0.15) is 18.9 Å². The molecule has 0 atom stereocenters. The van der Waals surface area contributed by atoms with Crippen molar-refractivity contribution in [2.24, 2.45) is 0 Å². The van der Waals surface area contributed by atoms with Crippen LogP contribution in [0.4, 0.5) is 8.78 Å². The lowest BCUT2D eigenvalue weighted by Gasteiger charge is -2.10. The molecule has 0 fully saturated rings. The summed E-state index contributed by atoms with van der Waals surface area (Å²) in [5, 5.41) is 1.55. The Hall–Kier alpha value is -3.20. The van der Waals surface area contributed by atoms with E-state index in [1.54, 1.807) is 12.1 Å². The Kier molecular flexibility index (Phi) is 5.30. The highest BCUT2D eigenvalue weighted by Gasteiger charge is 2.11. The molecular weight excluding hydrogens is 366 g/mol. The summed E-state index contributed by atoms with van der Waals surface area (Å²) in [6.45, 7) is 2.14. The van der Waals surface area contributed by atoms with E-state index < -0.39 is 5.82 Å². The highest BCUT2D eigenvalue weighted by molar-refractivity contribution is 5.89. The van der Waals surface area contributed by atoms with Gasteiger partial charge in [-0.05, 0) is 46.2 Å². The van der Waals surface area contributed by atoms with E-state index in [0.29, 0.717) is 10.9 Å². The van der Waals surface area contributed by atoms with Gasteiger partial charge in [-0.15, -0.1) is 0 Å². The van der Waals surface area contributed by atoms with Gasteiger partial charge in [-0.2, -0.15) is 0 Å². The lowest BCUT2D eigenvalue weighted by atomic mass is 9.96. The van der Waals surface area contributed by atoms with Crippen molar-refractivity contribution in [3.8, 4) is 28.0 Å². The van der Waals surface area contributed by atoms with Gasteiger partial charge in [0.05, 0.1) is 7.11 Å². The van der Waals surface area contributed by atoms with Crippen molar-refractivity contribution in [2.45, 2.75) is 19.8 Å². The van der Waals surface area contributed by atoms with Crippen LogP contribution in [0.25, 0.3) is 33.0 Å². The minimum Gasteiger partial charge on any atom is -0.494 e. The first kappa shape index (κ1) is 19.1. The summed E-state index contributed by atoms with van der Waals surface area (Å²) in [6, 6.07) is 22.1. The van der Waals surface area contributed by atoms with E-state index in [4.69, 9.17) is 4.74 Å². The summed E-state index contributed by atoms with van der Waals surface area (Å²) in [5.74, 6) is -0.406. The van der Waals surface area contributed by atoms with E-state index >= 15 is 4.39 Å². The Morgan fingerprint density at radius 1 is 0.759 bits per heavy atom. The highest BCUT2D eigenvalue weighted by atomic mass is 19.1. The predicted octanol–water partition coefficient (Wildman–Crippen LogP) is 7.41. The normalized spacial score (nSPS) is 11.0. The summed E-state index contributed by atoms with van der Waals surface area (Å²) in [5.41, 5.74) is 4.19. The van der Waals surface area contributed by atoms with Gasteiger partial charge in [0.1, 0.15) is 5.82 Å². The molecule has 0 saturated carbocycles. The van der Waals surface area contributed by atoms with Gasteiger partial charge >= 0.3 is 0 Å². The quantitative estimate of drug-likeness (QED) is 0.346. The Bertz CT molecular complexity index is 1160. The van der Waals surface area contributed by atoms with Crippen LogP contribution in [0, 0.1) is 11.6 Å². The van der Waals surface area contributed by atoms with Crippen LogP contribution in [-0.2, 0) is 6.42 Å². The molecule has 3 heteroatoms. The fourth-order valence-electron chi connectivity index (χ4n) is 3.70. The lowest BCUT2D eigenvalue weighted by Crippen LogP contribution is -1.90. The number of aryl methyl sites for hydroxylation is 1. The third-order valence-corrected chi connectivity index (χ3v) is 5.24. The molecule has 0 aliphatic carbocycles. The minimum absolute atomic E-state index is 0.214. The number of fused-ring (bicyclic) bond motifs is 1. The van der Waals surface area contributed by atoms with Crippen LogP contribution in [0.3, 0.4) is 0 Å². The Morgan fingerprint density at radius 3 is 2.17 bits per heavy atom. The maximum Gasteiger partial charge on any atom is 0.165 e. The van der Waals surface area contributed by atoms with Crippen molar-refractivity contribution in [3.05, 3.63) is 90.0 Å². The van der Waals surface area contributed by atoms with E-state index in [-0.39, 0.29) is 11.6 Å². The molecule has 0 aliphatic heterocycles. The standard InChI is InChI=1S/C26H22F2O/c1-3-4-17-5-12-23-21(15-17)10-13-22(26(23)28)19-8-6-18(7-9-19)20-11-14-25(29-2)24(27)16-20/h5-16H,3-4H2,1-2H3. The van der Waals surface area contributed by atoms with Crippen LogP contribution >= 0.6 is 0 Å². The van der Waals surface area contributed by atoms with Gasteiger partial charge in [0, 0.05) is 10.9 Å². The summed E-state index contributed by atoms with van der Waals surface area (Å²) in [7, 11) is 1.44.